The maximum absolute atomic E-state index is 11.9. The lowest BCUT2D eigenvalue weighted by Crippen LogP contribution is -2.31. The summed E-state index contributed by atoms with van der Waals surface area (Å²) in [5.74, 6) is -0.769. The number of aryl methyl sites for hydroxylation is 1. The van der Waals surface area contributed by atoms with E-state index in [0.717, 1.165) is 25.1 Å². The van der Waals surface area contributed by atoms with E-state index < -0.39 is 5.97 Å². The molecular formula is C15H21NO3. The highest BCUT2D eigenvalue weighted by atomic mass is 16.4. The van der Waals surface area contributed by atoms with Crippen LogP contribution in [0, 0.1) is 0 Å². The van der Waals surface area contributed by atoms with Crippen LogP contribution < -0.4 is 0 Å². The zero-order chi connectivity index (χ0) is 14.3. The summed E-state index contributed by atoms with van der Waals surface area (Å²) < 4.78 is 0. The SMILES string of the molecule is CCCN(CC)C(=O)CCc1ccc(C(=O)O)cc1. The van der Waals surface area contributed by atoms with Gasteiger partial charge in [-0.1, -0.05) is 19.1 Å². The minimum atomic E-state index is -0.928. The van der Waals surface area contributed by atoms with Gasteiger partial charge in [0.25, 0.3) is 0 Å². The van der Waals surface area contributed by atoms with Crippen LogP contribution in [-0.2, 0) is 11.2 Å². The van der Waals surface area contributed by atoms with E-state index >= 15 is 0 Å². The van der Waals surface area contributed by atoms with E-state index in [4.69, 9.17) is 5.11 Å². The van der Waals surface area contributed by atoms with Gasteiger partial charge >= 0.3 is 5.97 Å². The average Bonchev–Trinajstić information content (AvgIpc) is 2.42. The monoisotopic (exact) mass is 263 g/mol. The molecule has 4 nitrogen and oxygen atoms in total. The maximum atomic E-state index is 11.9. The molecule has 0 heterocycles. The van der Waals surface area contributed by atoms with Crippen molar-refractivity contribution in [1.29, 1.82) is 0 Å². The highest BCUT2D eigenvalue weighted by Gasteiger charge is 2.10. The second kappa shape index (κ2) is 7.56. The lowest BCUT2D eigenvalue weighted by Gasteiger charge is -2.19. The zero-order valence-electron chi connectivity index (χ0n) is 11.6. The van der Waals surface area contributed by atoms with Crippen molar-refractivity contribution in [2.45, 2.75) is 33.1 Å². The molecule has 0 spiro atoms. The molecule has 0 radical (unpaired) electrons. The van der Waals surface area contributed by atoms with Crippen LogP contribution >= 0.6 is 0 Å². The first-order valence-electron chi connectivity index (χ1n) is 6.68. The molecule has 1 aromatic rings. The van der Waals surface area contributed by atoms with Gasteiger partial charge in [0, 0.05) is 19.5 Å². The fourth-order valence-electron chi connectivity index (χ4n) is 1.95. The number of amides is 1. The summed E-state index contributed by atoms with van der Waals surface area (Å²) in [7, 11) is 0. The third kappa shape index (κ3) is 4.73. The van der Waals surface area contributed by atoms with Crippen LogP contribution in [-0.4, -0.2) is 35.0 Å². The summed E-state index contributed by atoms with van der Waals surface area (Å²) in [6.45, 7) is 5.58. The van der Waals surface area contributed by atoms with Crippen LogP contribution in [0.25, 0.3) is 0 Å². The molecule has 0 unspecified atom stereocenters. The molecule has 0 bridgehead atoms. The van der Waals surface area contributed by atoms with Crippen LogP contribution in [0.15, 0.2) is 24.3 Å². The third-order valence-corrected chi connectivity index (χ3v) is 3.06. The van der Waals surface area contributed by atoms with E-state index in [9.17, 15) is 9.59 Å². The molecule has 1 N–H and O–H groups in total. The van der Waals surface area contributed by atoms with Gasteiger partial charge < -0.3 is 10.0 Å². The number of hydrogen-bond donors (Lipinski definition) is 1. The van der Waals surface area contributed by atoms with Crippen molar-refractivity contribution < 1.29 is 14.7 Å². The Bertz CT molecular complexity index is 426. The normalized spacial score (nSPS) is 10.2. The van der Waals surface area contributed by atoms with Crippen molar-refractivity contribution in [3.8, 4) is 0 Å². The molecule has 0 aliphatic carbocycles. The smallest absolute Gasteiger partial charge is 0.335 e. The minimum Gasteiger partial charge on any atom is -0.478 e. The van der Waals surface area contributed by atoms with E-state index in [2.05, 4.69) is 6.92 Å². The summed E-state index contributed by atoms with van der Waals surface area (Å²) in [6.07, 6.45) is 2.09. The number of carboxylic acids is 1. The van der Waals surface area contributed by atoms with Crippen molar-refractivity contribution >= 4 is 11.9 Å². The predicted molar refractivity (Wildman–Crippen MR) is 74.3 cm³/mol. The molecular weight excluding hydrogens is 242 g/mol. The molecule has 0 saturated heterocycles. The van der Waals surface area contributed by atoms with Crippen LogP contribution in [0.2, 0.25) is 0 Å². The number of carbonyl (C=O) groups is 2. The zero-order valence-corrected chi connectivity index (χ0v) is 11.6. The summed E-state index contributed by atoms with van der Waals surface area (Å²) >= 11 is 0. The Kier molecular flexibility index (Phi) is 6.06. The quantitative estimate of drug-likeness (QED) is 0.822. The lowest BCUT2D eigenvalue weighted by atomic mass is 10.1. The van der Waals surface area contributed by atoms with E-state index in [-0.39, 0.29) is 11.5 Å². The second-order valence-electron chi connectivity index (χ2n) is 4.48. The van der Waals surface area contributed by atoms with Gasteiger partial charge in [-0.2, -0.15) is 0 Å². The Morgan fingerprint density at radius 3 is 2.26 bits per heavy atom. The molecule has 1 rings (SSSR count). The van der Waals surface area contributed by atoms with Crippen molar-refractivity contribution in [1.82, 2.24) is 4.90 Å². The van der Waals surface area contributed by atoms with Crippen molar-refractivity contribution in [3.05, 3.63) is 35.4 Å². The molecule has 0 aliphatic heterocycles. The fourth-order valence-corrected chi connectivity index (χ4v) is 1.95. The van der Waals surface area contributed by atoms with E-state index in [1.807, 2.05) is 11.8 Å². The first-order valence-corrected chi connectivity index (χ1v) is 6.68. The number of hydrogen-bond acceptors (Lipinski definition) is 2. The van der Waals surface area contributed by atoms with Crippen LogP contribution in [0.4, 0.5) is 0 Å². The molecule has 4 heteroatoms. The van der Waals surface area contributed by atoms with Gasteiger partial charge in [-0.05, 0) is 37.5 Å². The van der Waals surface area contributed by atoms with Gasteiger partial charge in [-0.15, -0.1) is 0 Å². The van der Waals surface area contributed by atoms with E-state index in [1.54, 1.807) is 24.3 Å². The fraction of sp³-hybridized carbons (Fsp3) is 0.467. The first kappa shape index (κ1) is 15.2. The van der Waals surface area contributed by atoms with E-state index in [0.29, 0.717) is 12.8 Å². The Hall–Kier alpha value is -1.84. The van der Waals surface area contributed by atoms with Gasteiger partial charge in [0.05, 0.1) is 5.56 Å². The Labute approximate surface area is 114 Å². The lowest BCUT2D eigenvalue weighted by molar-refractivity contribution is -0.131. The highest BCUT2D eigenvalue weighted by molar-refractivity contribution is 5.87. The Morgan fingerprint density at radius 1 is 1.16 bits per heavy atom. The molecule has 1 amide bonds. The summed E-state index contributed by atoms with van der Waals surface area (Å²) in [5, 5.41) is 8.80. The molecule has 19 heavy (non-hydrogen) atoms. The number of rotatable bonds is 7. The third-order valence-electron chi connectivity index (χ3n) is 3.06. The average molecular weight is 263 g/mol. The topological polar surface area (TPSA) is 57.6 Å². The number of carbonyl (C=O) groups excluding carboxylic acids is 1. The molecule has 0 atom stereocenters. The van der Waals surface area contributed by atoms with Gasteiger partial charge in [0.2, 0.25) is 5.91 Å². The number of benzene rings is 1. The summed E-state index contributed by atoms with van der Waals surface area (Å²) in [5.41, 5.74) is 1.27. The van der Waals surface area contributed by atoms with Gasteiger partial charge in [-0.25, -0.2) is 4.79 Å². The van der Waals surface area contributed by atoms with Crippen LogP contribution in [0.3, 0.4) is 0 Å². The minimum absolute atomic E-state index is 0.159. The van der Waals surface area contributed by atoms with Crippen LogP contribution in [0.1, 0.15) is 42.6 Å². The van der Waals surface area contributed by atoms with E-state index in [1.165, 1.54) is 0 Å². The van der Waals surface area contributed by atoms with Crippen molar-refractivity contribution in [3.63, 3.8) is 0 Å². The van der Waals surface area contributed by atoms with Gasteiger partial charge in [0.1, 0.15) is 0 Å². The Morgan fingerprint density at radius 2 is 1.79 bits per heavy atom. The number of carboxylic acid groups (broad SMARTS) is 1. The first-order chi connectivity index (χ1) is 9.08. The molecule has 0 aromatic heterocycles. The van der Waals surface area contributed by atoms with Crippen molar-refractivity contribution in [2.24, 2.45) is 0 Å². The number of aromatic carboxylic acids is 1. The summed E-state index contributed by atoms with van der Waals surface area (Å²) in [6, 6.07) is 6.69. The number of nitrogens with zero attached hydrogens (tertiary/aromatic N) is 1. The van der Waals surface area contributed by atoms with Crippen molar-refractivity contribution in [2.75, 3.05) is 13.1 Å². The van der Waals surface area contributed by atoms with Gasteiger partial charge in [-0.3, -0.25) is 4.79 Å². The standard InChI is InChI=1S/C15H21NO3/c1-3-11-16(4-2)14(17)10-7-12-5-8-13(9-6-12)15(18)19/h5-6,8-9H,3-4,7,10-11H2,1-2H3,(H,18,19). The highest BCUT2D eigenvalue weighted by Crippen LogP contribution is 2.08. The molecule has 104 valence electrons. The summed E-state index contributed by atoms with van der Waals surface area (Å²) in [4.78, 5) is 24.5. The molecule has 0 aliphatic rings. The molecule has 0 saturated carbocycles. The Balaban J connectivity index is 2.52. The van der Waals surface area contributed by atoms with Crippen LogP contribution in [0.5, 0.6) is 0 Å². The largest absolute Gasteiger partial charge is 0.478 e. The molecule has 0 fully saturated rings. The maximum Gasteiger partial charge on any atom is 0.335 e. The second-order valence-corrected chi connectivity index (χ2v) is 4.48. The van der Waals surface area contributed by atoms with Gasteiger partial charge in [0.15, 0.2) is 0 Å². The molecule has 1 aromatic carbocycles. The predicted octanol–water partition coefficient (Wildman–Crippen LogP) is 2.58.